The Kier molecular flexibility index (Phi) is 7.06. The molecule has 3 fully saturated rings. The van der Waals surface area contributed by atoms with Crippen molar-refractivity contribution in [3.05, 3.63) is 35.7 Å². The number of hydrogen-bond acceptors (Lipinski definition) is 7. The molecule has 0 spiro atoms. The summed E-state index contributed by atoms with van der Waals surface area (Å²) in [7, 11) is 1.97. The van der Waals surface area contributed by atoms with Gasteiger partial charge in [-0.05, 0) is 49.6 Å². The molecule has 0 unspecified atom stereocenters. The second-order valence-corrected chi connectivity index (χ2v) is 10.2. The molecule has 0 aliphatic carbocycles. The van der Waals surface area contributed by atoms with Crippen molar-refractivity contribution in [2.45, 2.75) is 36.3 Å². The van der Waals surface area contributed by atoms with Crippen LogP contribution in [-0.4, -0.2) is 77.5 Å². The molecule has 3 aliphatic heterocycles. The number of fused-ring (bicyclic) bond motifs is 1. The zero-order chi connectivity index (χ0) is 23.7. The number of hydrogen-bond donors (Lipinski definition) is 0. The third kappa shape index (κ3) is 5.07. The highest BCUT2D eigenvalue weighted by molar-refractivity contribution is 7.99. The van der Waals surface area contributed by atoms with Crippen LogP contribution in [-0.2, 0) is 22.7 Å². The van der Waals surface area contributed by atoms with Gasteiger partial charge in [0, 0.05) is 44.2 Å². The number of halogens is 3. The third-order valence-corrected chi connectivity index (χ3v) is 8.08. The lowest BCUT2D eigenvalue weighted by Crippen LogP contribution is -2.35. The lowest BCUT2D eigenvalue weighted by atomic mass is 10.0. The summed E-state index contributed by atoms with van der Waals surface area (Å²) in [5.41, 5.74) is 0.301. The maximum atomic E-state index is 12.9. The zero-order valence-corrected chi connectivity index (χ0v) is 20.0. The molecule has 5 rings (SSSR count). The maximum Gasteiger partial charge on any atom is 0.416 e. The zero-order valence-electron chi connectivity index (χ0n) is 19.2. The van der Waals surface area contributed by atoms with E-state index in [1.165, 1.54) is 12.1 Å². The van der Waals surface area contributed by atoms with E-state index < -0.39 is 11.7 Å². The van der Waals surface area contributed by atoms with Gasteiger partial charge in [0.15, 0.2) is 11.0 Å². The van der Waals surface area contributed by atoms with Gasteiger partial charge in [-0.3, -0.25) is 0 Å². The van der Waals surface area contributed by atoms with Gasteiger partial charge in [0.05, 0.1) is 25.4 Å². The number of likely N-dealkylation sites (tertiary alicyclic amines) is 1. The fraction of sp³-hybridized carbons (Fsp3) is 0.652. The van der Waals surface area contributed by atoms with E-state index in [9.17, 15) is 13.2 Å². The van der Waals surface area contributed by atoms with Crippen LogP contribution < -0.4 is 4.90 Å². The smallest absolute Gasteiger partial charge is 0.376 e. The first-order chi connectivity index (χ1) is 16.4. The Morgan fingerprint density at radius 2 is 1.94 bits per heavy atom. The van der Waals surface area contributed by atoms with Gasteiger partial charge in [-0.2, -0.15) is 13.2 Å². The first-order valence-electron chi connectivity index (χ1n) is 11.8. The molecule has 0 saturated carbocycles. The lowest BCUT2D eigenvalue weighted by Gasteiger charge is -2.27. The number of thioether (sulfide) groups is 1. The highest BCUT2D eigenvalue weighted by Gasteiger charge is 2.41. The van der Waals surface area contributed by atoms with E-state index in [0.717, 1.165) is 61.4 Å². The molecule has 0 amide bonds. The van der Waals surface area contributed by atoms with Crippen molar-refractivity contribution in [3.8, 4) is 0 Å². The van der Waals surface area contributed by atoms with Gasteiger partial charge >= 0.3 is 6.18 Å². The van der Waals surface area contributed by atoms with Crippen LogP contribution in [0.25, 0.3) is 0 Å². The standard InChI is InChI=1S/C23H30F3N5O2S/c1-29-21(20-15-32-10-11-33-20)27-28-22(29)34-12-2-8-30-13-16-7-9-31(19(16)14-30)18-5-3-17(4-6-18)23(24,25)26/h3-6,16,19-20H,2,7-15H2,1H3/t16-,19+,20-/m0/s1. The predicted octanol–water partition coefficient (Wildman–Crippen LogP) is 3.61. The van der Waals surface area contributed by atoms with Crippen LogP contribution in [0.15, 0.2) is 29.4 Å². The van der Waals surface area contributed by atoms with Gasteiger partial charge in [0.25, 0.3) is 0 Å². The van der Waals surface area contributed by atoms with E-state index in [1.807, 2.05) is 11.6 Å². The van der Waals surface area contributed by atoms with Crippen molar-refractivity contribution >= 4 is 17.4 Å². The topological polar surface area (TPSA) is 55.7 Å². The summed E-state index contributed by atoms with van der Waals surface area (Å²) in [5, 5.41) is 9.51. The molecular weight excluding hydrogens is 467 g/mol. The Labute approximate surface area is 201 Å². The van der Waals surface area contributed by atoms with Gasteiger partial charge < -0.3 is 23.8 Å². The molecule has 186 valence electrons. The minimum atomic E-state index is -4.29. The van der Waals surface area contributed by atoms with Crippen LogP contribution >= 0.6 is 11.8 Å². The Morgan fingerprint density at radius 3 is 2.68 bits per heavy atom. The van der Waals surface area contributed by atoms with Gasteiger partial charge in [-0.15, -0.1) is 10.2 Å². The number of benzene rings is 1. The largest absolute Gasteiger partial charge is 0.416 e. The summed E-state index contributed by atoms with van der Waals surface area (Å²) in [6, 6.07) is 5.99. The summed E-state index contributed by atoms with van der Waals surface area (Å²) in [6.07, 6.45) is -2.32. The fourth-order valence-electron chi connectivity index (χ4n) is 5.21. The van der Waals surface area contributed by atoms with Crippen molar-refractivity contribution in [3.63, 3.8) is 0 Å². The summed E-state index contributed by atoms with van der Waals surface area (Å²) in [5.74, 6) is 2.33. The molecule has 7 nitrogen and oxygen atoms in total. The van der Waals surface area contributed by atoms with Crippen molar-refractivity contribution < 1.29 is 22.6 Å². The lowest BCUT2D eigenvalue weighted by molar-refractivity contribution is -0.137. The predicted molar refractivity (Wildman–Crippen MR) is 123 cm³/mol. The number of ether oxygens (including phenoxy) is 2. The van der Waals surface area contributed by atoms with Gasteiger partial charge in [0.2, 0.25) is 0 Å². The van der Waals surface area contributed by atoms with Gasteiger partial charge in [0.1, 0.15) is 6.10 Å². The summed E-state index contributed by atoms with van der Waals surface area (Å²) in [4.78, 5) is 4.78. The van der Waals surface area contributed by atoms with E-state index in [1.54, 1.807) is 23.9 Å². The average Bonchev–Trinajstić information content (AvgIpc) is 3.51. The Hall–Kier alpha value is -1.82. The van der Waals surface area contributed by atoms with E-state index in [0.29, 0.717) is 31.8 Å². The minimum absolute atomic E-state index is 0.155. The van der Waals surface area contributed by atoms with Crippen molar-refractivity contribution in [2.75, 3.05) is 56.7 Å². The SMILES string of the molecule is Cn1c(SCCCN2C[C@@H]3CCN(c4ccc(C(F)(F)F)cc4)[C@@H]3C2)nnc1[C@@H]1COCCO1. The first-order valence-corrected chi connectivity index (χ1v) is 12.8. The van der Waals surface area contributed by atoms with E-state index >= 15 is 0 Å². The van der Waals surface area contributed by atoms with Crippen LogP contribution in [0, 0.1) is 5.92 Å². The number of anilines is 1. The Morgan fingerprint density at radius 1 is 1.12 bits per heavy atom. The van der Waals surface area contributed by atoms with Crippen LogP contribution in [0.3, 0.4) is 0 Å². The third-order valence-electron chi connectivity index (χ3n) is 6.97. The molecule has 0 N–H and O–H groups in total. The molecule has 4 heterocycles. The number of alkyl halides is 3. The van der Waals surface area contributed by atoms with Crippen LogP contribution in [0.2, 0.25) is 0 Å². The molecule has 1 aromatic heterocycles. The van der Waals surface area contributed by atoms with E-state index in [4.69, 9.17) is 9.47 Å². The molecule has 3 saturated heterocycles. The first kappa shape index (κ1) is 23.9. The van der Waals surface area contributed by atoms with Crippen molar-refractivity contribution in [1.82, 2.24) is 19.7 Å². The van der Waals surface area contributed by atoms with Crippen LogP contribution in [0.4, 0.5) is 18.9 Å². The molecule has 1 aromatic carbocycles. The van der Waals surface area contributed by atoms with E-state index in [2.05, 4.69) is 20.0 Å². The molecular formula is C23H30F3N5O2S. The monoisotopic (exact) mass is 497 g/mol. The van der Waals surface area contributed by atoms with E-state index in [-0.39, 0.29) is 6.10 Å². The Balaban J connectivity index is 1.09. The normalized spacial score (nSPS) is 25.8. The van der Waals surface area contributed by atoms with Gasteiger partial charge in [-0.1, -0.05) is 11.8 Å². The Bertz CT molecular complexity index is 965. The summed E-state index contributed by atoms with van der Waals surface area (Å²) >= 11 is 1.70. The molecule has 3 aliphatic rings. The summed E-state index contributed by atoms with van der Waals surface area (Å²) < 4.78 is 51.9. The molecule has 0 bridgehead atoms. The van der Waals surface area contributed by atoms with Crippen molar-refractivity contribution in [1.29, 1.82) is 0 Å². The van der Waals surface area contributed by atoms with Gasteiger partial charge in [-0.25, -0.2) is 0 Å². The molecule has 2 aromatic rings. The molecule has 11 heteroatoms. The second kappa shape index (κ2) is 10.0. The quantitative estimate of drug-likeness (QED) is 0.428. The molecule has 34 heavy (non-hydrogen) atoms. The highest BCUT2D eigenvalue weighted by Crippen LogP contribution is 2.37. The maximum absolute atomic E-state index is 12.9. The van der Waals surface area contributed by atoms with Crippen molar-refractivity contribution in [2.24, 2.45) is 13.0 Å². The minimum Gasteiger partial charge on any atom is -0.376 e. The number of nitrogens with zero attached hydrogens (tertiary/aromatic N) is 5. The fourth-order valence-corrected chi connectivity index (χ4v) is 6.06. The average molecular weight is 498 g/mol. The second-order valence-electron chi connectivity index (χ2n) is 9.15. The summed E-state index contributed by atoms with van der Waals surface area (Å²) in [6.45, 7) is 5.64. The highest BCUT2D eigenvalue weighted by atomic mass is 32.2. The molecule has 0 radical (unpaired) electrons. The number of aromatic nitrogens is 3. The van der Waals surface area contributed by atoms with Crippen LogP contribution in [0.5, 0.6) is 0 Å². The number of rotatable bonds is 7. The van der Waals surface area contributed by atoms with Crippen LogP contribution in [0.1, 0.15) is 30.3 Å². The molecule has 3 atom stereocenters.